The zero-order chi connectivity index (χ0) is 13.3. The second-order valence-corrected chi connectivity index (χ2v) is 4.26. The predicted molar refractivity (Wildman–Crippen MR) is 65.5 cm³/mol. The van der Waals surface area contributed by atoms with Gasteiger partial charge in [0, 0.05) is 2.74 Å². The molecule has 0 saturated carbocycles. The molecule has 1 rings (SSSR count). The molecular weight excluding hydrogens is 184 g/mol. The minimum atomic E-state index is -1.44. The monoisotopic (exact) mass is 206 g/mol. The van der Waals surface area contributed by atoms with E-state index in [1.54, 1.807) is 14.0 Å². The Kier molecular flexibility index (Phi) is 2.72. The van der Waals surface area contributed by atoms with Crippen molar-refractivity contribution in [3.05, 3.63) is 42.0 Å². The first-order valence-corrected chi connectivity index (χ1v) is 5.04. The molecule has 0 saturated heterocycles. The molecule has 0 atom stereocenters. The molecule has 0 heterocycles. The lowest BCUT2D eigenvalue weighted by Gasteiger charge is -2.25. The lowest BCUT2D eigenvalue weighted by molar-refractivity contribution is 0.414. The van der Waals surface area contributed by atoms with Crippen LogP contribution in [0.2, 0.25) is 0 Å². The SMILES string of the molecule is [2H]C([2H])(C(=C)C)C(C)(C)c1ccc(OC)cc1. The molecule has 0 radical (unpaired) electrons. The number of methoxy groups -OCH3 is 1. The second-order valence-electron chi connectivity index (χ2n) is 4.26. The van der Waals surface area contributed by atoms with E-state index in [2.05, 4.69) is 6.58 Å². The molecule has 1 aromatic carbocycles. The standard InChI is InChI=1S/C14H20O/c1-11(2)10-14(3,4)12-6-8-13(15-5)9-7-12/h6-9H,1,10H2,2-5H3/i10D2. The fourth-order valence-electron chi connectivity index (χ4n) is 1.61. The quantitative estimate of drug-likeness (QED) is 0.678. The van der Waals surface area contributed by atoms with Crippen LogP contribution >= 0.6 is 0 Å². The van der Waals surface area contributed by atoms with Gasteiger partial charge in [0.1, 0.15) is 5.75 Å². The Morgan fingerprint density at radius 1 is 1.40 bits per heavy atom. The fourth-order valence-corrected chi connectivity index (χ4v) is 1.61. The van der Waals surface area contributed by atoms with Crippen LogP contribution < -0.4 is 4.74 Å². The molecule has 0 bridgehead atoms. The van der Waals surface area contributed by atoms with Gasteiger partial charge >= 0.3 is 0 Å². The smallest absolute Gasteiger partial charge is 0.118 e. The minimum Gasteiger partial charge on any atom is -0.497 e. The van der Waals surface area contributed by atoms with Gasteiger partial charge in [0.15, 0.2) is 0 Å². The van der Waals surface area contributed by atoms with Gasteiger partial charge in [-0.15, -0.1) is 6.58 Å². The van der Waals surface area contributed by atoms with E-state index in [-0.39, 0.29) is 0 Å². The van der Waals surface area contributed by atoms with Crippen molar-refractivity contribution in [2.75, 3.05) is 7.11 Å². The van der Waals surface area contributed by atoms with E-state index >= 15 is 0 Å². The molecule has 0 unspecified atom stereocenters. The number of benzene rings is 1. The highest BCUT2D eigenvalue weighted by atomic mass is 16.5. The number of hydrogen-bond donors (Lipinski definition) is 0. The highest BCUT2D eigenvalue weighted by Gasteiger charge is 2.20. The maximum atomic E-state index is 8.16. The first-order valence-electron chi connectivity index (χ1n) is 6.04. The second kappa shape index (κ2) is 4.52. The average molecular weight is 206 g/mol. The van der Waals surface area contributed by atoms with Crippen LogP contribution in [-0.4, -0.2) is 7.11 Å². The topological polar surface area (TPSA) is 9.23 Å². The van der Waals surface area contributed by atoms with Gasteiger partial charge in [-0.1, -0.05) is 31.6 Å². The van der Waals surface area contributed by atoms with Crippen LogP contribution in [0.25, 0.3) is 0 Å². The molecule has 1 heteroatoms. The fraction of sp³-hybridized carbons (Fsp3) is 0.429. The Hall–Kier alpha value is -1.24. The molecule has 0 aromatic heterocycles. The zero-order valence-electron chi connectivity index (χ0n) is 11.9. The molecule has 0 fully saturated rings. The Morgan fingerprint density at radius 3 is 2.33 bits per heavy atom. The lowest BCUT2D eigenvalue weighted by atomic mass is 9.79. The largest absolute Gasteiger partial charge is 0.497 e. The predicted octanol–water partition coefficient (Wildman–Crippen LogP) is 3.94. The molecule has 15 heavy (non-hydrogen) atoms. The van der Waals surface area contributed by atoms with E-state index in [0.717, 1.165) is 11.3 Å². The maximum absolute atomic E-state index is 8.16. The summed E-state index contributed by atoms with van der Waals surface area (Å²) in [4.78, 5) is 0. The molecule has 0 aliphatic heterocycles. The Labute approximate surface area is 95.6 Å². The third-order valence-corrected chi connectivity index (χ3v) is 2.34. The van der Waals surface area contributed by atoms with Gasteiger partial charge < -0.3 is 4.74 Å². The van der Waals surface area contributed by atoms with E-state index in [1.165, 1.54) is 0 Å². The van der Waals surface area contributed by atoms with Gasteiger partial charge in [-0.3, -0.25) is 0 Å². The molecule has 1 aromatic rings. The Bertz CT molecular complexity index is 405. The summed E-state index contributed by atoms with van der Waals surface area (Å²) in [6.07, 6.45) is -1.44. The highest BCUT2D eigenvalue weighted by Crippen LogP contribution is 2.30. The van der Waals surface area contributed by atoms with Crippen LogP contribution in [0.4, 0.5) is 0 Å². The number of ether oxygens (including phenoxy) is 1. The average Bonchev–Trinajstić information content (AvgIpc) is 2.28. The Balaban J connectivity index is 3.16. The summed E-state index contributed by atoms with van der Waals surface area (Å²) in [5, 5.41) is 0. The summed E-state index contributed by atoms with van der Waals surface area (Å²) < 4.78 is 21.4. The number of allylic oxidation sites excluding steroid dienone is 1. The van der Waals surface area contributed by atoms with Gasteiger partial charge in [-0.05, 0) is 36.4 Å². The summed E-state index contributed by atoms with van der Waals surface area (Å²) in [6.45, 7) is 9.26. The van der Waals surface area contributed by atoms with Crippen LogP contribution in [0.3, 0.4) is 0 Å². The summed E-state index contributed by atoms with van der Waals surface area (Å²) >= 11 is 0. The third-order valence-electron chi connectivity index (χ3n) is 2.34. The van der Waals surface area contributed by atoms with E-state index in [1.807, 2.05) is 38.1 Å². The molecule has 0 spiro atoms. The summed E-state index contributed by atoms with van der Waals surface area (Å²) in [7, 11) is 1.62. The van der Waals surface area contributed by atoms with E-state index in [0.29, 0.717) is 5.57 Å². The van der Waals surface area contributed by atoms with E-state index < -0.39 is 11.8 Å². The first-order chi connectivity index (χ1) is 7.73. The van der Waals surface area contributed by atoms with Crippen molar-refractivity contribution in [1.29, 1.82) is 0 Å². The summed E-state index contributed by atoms with van der Waals surface area (Å²) in [5.74, 6) is 0.778. The van der Waals surface area contributed by atoms with Crippen LogP contribution in [0.5, 0.6) is 5.75 Å². The van der Waals surface area contributed by atoms with Crippen LogP contribution in [-0.2, 0) is 5.41 Å². The number of hydrogen-bond acceptors (Lipinski definition) is 1. The third kappa shape index (κ3) is 3.12. The van der Waals surface area contributed by atoms with Crippen molar-refractivity contribution >= 4 is 0 Å². The number of rotatable bonds is 4. The van der Waals surface area contributed by atoms with Crippen molar-refractivity contribution in [1.82, 2.24) is 0 Å². The molecule has 0 aliphatic rings. The molecule has 0 aliphatic carbocycles. The zero-order valence-corrected chi connectivity index (χ0v) is 9.92. The van der Waals surface area contributed by atoms with Crippen LogP contribution in [0, 0.1) is 0 Å². The van der Waals surface area contributed by atoms with Crippen LogP contribution in [0.1, 0.15) is 35.4 Å². The van der Waals surface area contributed by atoms with Crippen molar-refractivity contribution in [2.24, 2.45) is 0 Å². The normalized spacial score (nSPS) is 14.1. The van der Waals surface area contributed by atoms with E-state index in [4.69, 9.17) is 7.48 Å². The molecule has 0 N–H and O–H groups in total. The summed E-state index contributed by atoms with van der Waals surface area (Å²) in [5.41, 5.74) is 0.857. The first kappa shape index (κ1) is 9.02. The van der Waals surface area contributed by atoms with Crippen molar-refractivity contribution < 1.29 is 7.48 Å². The van der Waals surface area contributed by atoms with Gasteiger partial charge in [-0.25, -0.2) is 0 Å². The molecular formula is C14H20O. The van der Waals surface area contributed by atoms with Gasteiger partial charge in [0.2, 0.25) is 0 Å². The Morgan fingerprint density at radius 2 is 1.93 bits per heavy atom. The molecule has 1 nitrogen and oxygen atoms in total. The lowest BCUT2D eigenvalue weighted by Crippen LogP contribution is -2.17. The van der Waals surface area contributed by atoms with E-state index in [9.17, 15) is 0 Å². The van der Waals surface area contributed by atoms with Crippen molar-refractivity contribution in [2.45, 2.75) is 32.6 Å². The van der Waals surface area contributed by atoms with Gasteiger partial charge in [-0.2, -0.15) is 0 Å². The van der Waals surface area contributed by atoms with Gasteiger partial charge in [0.05, 0.1) is 7.11 Å². The maximum Gasteiger partial charge on any atom is 0.118 e. The highest BCUT2D eigenvalue weighted by molar-refractivity contribution is 5.32. The van der Waals surface area contributed by atoms with Crippen LogP contribution in [0.15, 0.2) is 36.4 Å². The van der Waals surface area contributed by atoms with Crippen molar-refractivity contribution in [3.63, 3.8) is 0 Å². The van der Waals surface area contributed by atoms with Crippen molar-refractivity contribution in [3.8, 4) is 5.75 Å². The summed E-state index contributed by atoms with van der Waals surface area (Å²) in [6, 6.07) is 7.51. The minimum absolute atomic E-state index is 0.540. The molecule has 0 amide bonds. The van der Waals surface area contributed by atoms with Gasteiger partial charge in [0.25, 0.3) is 0 Å². The molecule has 82 valence electrons.